The van der Waals surface area contributed by atoms with Gasteiger partial charge in [-0.15, -0.1) is 0 Å². The van der Waals surface area contributed by atoms with E-state index in [1.165, 1.54) is 12.0 Å². The molecule has 1 aromatic heterocycles. The van der Waals surface area contributed by atoms with Crippen molar-refractivity contribution in [3.05, 3.63) is 72.6 Å². The normalized spacial score (nSPS) is 13.8. The maximum absolute atomic E-state index is 12.2. The molecule has 1 amide bonds. The number of carbonyl (C=O) groups excluding carboxylic acids is 1. The quantitative estimate of drug-likeness (QED) is 0.575. The maximum Gasteiger partial charge on any atom is 0.269 e. The van der Waals surface area contributed by atoms with Gasteiger partial charge in [-0.3, -0.25) is 15.6 Å². The van der Waals surface area contributed by atoms with Crippen molar-refractivity contribution in [2.75, 3.05) is 47.1 Å². The average Bonchev–Trinajstić information content (AvgIpc) is 2.79. The molecule has 0 unspecified atom stereocenters. The van der Waals surface area contributed by atoms with E-state index in [1.54, 1.807) is 24.3 Å². The third-order valence-corrected chi connectivity index (χ3v) is 4.89. The molecule has 1 aliphatic heterocycles. The summed E-state index contributed by atoms with van der Waals surface area (Å²) < 4.78 is 0. The summed E-state index contributed by atoms with van der Waals surface area (Å²) in [5.74, 6) is 0.788. The zero-order valence-electron chi connectivity index (χ0n) is 16.0. The first kappa shape index (κ1) is 18.5. The zero-order chi connectivity index (χ0) is 20.1. The van der Waals surface area contributed by atoms with Crippen molar-refractivity contribution >= 4 is 28.9 Å². The van der Waals surface area contributed by atoms with Crippen LogP contribution in [0, 0.1) is 0 Å². The van der Waals surface area contributed by atoms with Crippen molar-refractivity contribution in [2.45, 2.75) is 0 Å². The van der Waals surface area contributed by atoms with Crippen molar-refractivity contribution in [1.29, 1.82) is 0 Å². The Bertz CT molecular complexity index is 957. The molecular weight excluding hydrogens is 366 g/mol. The molecule has 1 saturated heterocycles. The predicted octanol–water partition coefficient (Wildman–Crippen LogP) is 2.14. The number of nitrogens with two attached hydrogens (primary N) is 1. The van der Waals surface area contributed by atoms with E-state index in [9.17, 15) is 4.79 Å². The van der Waals surface area contributed by atoms with Crippen molar-refractivity contribution < 1.29 is 4.79 Å². The number of nitrogens with zero attached hydrogens (tertiary/aromatic N) is 4. The van der Waals surface area contributed by atoms with E-state index in [0.717, 1.165) is 26.2 Å². The van der Waals surface area contributed by atoms with Crippen LogP contribution >= 0.6 is 0 Å². The first-order valence-electron chi connectivity index (χ1n) is 9.49. The van der Waals surface area contributed by atoms with E-state index < -0.39 is 0 Å². The zero-order valence-corrected chi connectivity index (χ0v) is 16.0. The van der Waals surface area contributed by atoms with Crippen LogP contribution in [-0.4, -0.2) is 42.1 Å². The fourth-order valence-electron chi connectivity index (χ4n) is 3.33. The summed E-state index contributed by atoms with van der Waals surface area (Å²) in [5.41, 5.74) is 13.9. The van der Waals surface area contributed by atoms with E-state index in [-0.39, 0.29) is 5.91 Å². The van der Waals surface area contributed by atoms with Crippen molar-refractivity contribution in [3.8, 4) is 0 Å². The van der Waals surface area contributed by atoms with E-state index in [2.05, 4.69) is 42.8 Å². The van der Waals surface area contributed by atoms with Crippen LogP contribution < -0.4 is 26.4 Å². The largest absolute Gasteiger partial charge is 0.393 e. The number of carbonyl (C=O) groups is 1. The number of aromatic nitrogens is 2. The lowest BCUT2D eigenvalue weighted by Gasteiger charge is -2.37. The highest BCUT2D eigenvalue weighted by atomic mass is 16.2. The molecule has 0 bridgehead atoms. The summed E-state index contributed by atoms with van der Waals surface area (Å²) >= 11 is 0. The molecule has 1 aliphatic rings. The number of para-hydroxylation sites is 1. The number of hydrogen-bond acceptors (Lipinski definition) is 7. The lowest BCUT2D eigenvalue weighted by atomic mass is 10.2. The molecule has 1 fully saturated rings. The minimum atomic E-state index is -0.262. The molecule has 0 aliphatic carbocycles. The van der Waals surface area contributed by atoms with Gasteiger partial charge in [-0.05, 0) is 24.3 Å². The minimum absolute atomic E-state index is 0.262. The molecule has 2 heterocycles. The highest BCUT2D eigenvalue weighted by molar-refractivity contribution is 5.95. The number of benzene rings is 2. The summed E-state index contributed by atoms with van der Waals surface area (Å²) in [5, 5.41) is 0. The molecule has 4 rings (SSSR count). The third kappa shape index (κ3) is 4.21. The number of rotatable bonds is 5. The van der Waals surface area contributed by atoms with Crippen molar-refractivity contribution in [2.24, 2.45) is 0 Å². The second kappa shape index (κ2) is 8.47. The first-order valence-corrected chi connectivity index (χ1v) is 9.49. The predicted molar refractivity (Wildman–Crippen MR) is 115 cm³/mol. The second-order valence-electron chi connectivity index (χ2n) is 6.71. The van der Waals surface area contributed by atoms with Gasteiger partial charge in [0.1, 0.15) is 12.0 Å². The monoisotopic (exact) mass is 389 g/mol. The Morgan fingerprint density at radius 1 is 0.862 bits per heavy atom. The van der Waals surface area contributed by atoms with Crippen LogP contribution in [0.15, 0.2) is 67.0 Å². The van der Waals surface area contributed by atoms with E-state index in [4.69, 9.17) is 5.73 Å². The van der Waals surface area contributed by atoms with Gasteiger partial charge in [0, 0.05) is 37.4 Å². The molecule has 0 saturated carbocycles. The molecule has 29 heavy (non-hydrogen) atoms. The van der Waals surface area contributed by atoms with Gasteiger partial charge in [0.2, 0.25) is 0 Å². The lowest BCUT2D eigenvalue weighted by molar-refractivity contribution is 0.0962. The SMILES string of the molecule is Nc1c(NNC(=O)c2ccccc2)ncnc1N1CCN(c2ccccc2)CC1. The van der Waals surface area contributed by atoms with Gasteiger partial charge >= 0.3 is 0 Å². The molecule has 8 heteroatoms. The van der Waals surface area contributed by atoms with Gasteiger partial charge in [0.15, 0.2) is 11.6 Å². The molecule has 4 N–H and O–H groups in total. The van der Waals surface area contributed by atoms with Gasteiger partial charge < -0.3 is 15.5 Å². The number of piperazine rings is 1. The highest BCUT2D eigenvalue weighted by Gasteiger charge is 2.21. The van der Waals surface area contributed by atoms with Gasteiger partial charge in [0.25, 0.3) is 5.91 Å². The second-order valence-corrected chi connectivity index (χ2v) is 6.71. The van der Waals surface area contributed by atoms with E-state index in [1.807, 2.05) is 24.3 Å². The summed E-state index contributed by atoms with van der Waals surface area (Å²) in [6, 6.07) is 19.3. The fourth-order valence-corrected chi connectivity index (χ4v) is 3.33. The highest BCUT2D eigenvalue weighted by Crippen LogP contribution is 2.27. The summed E-state index contributed by atoms with van der Waals surface area (Å²) in [4.78, 5) is 25.2. The Kier molecular flexibility index (Phi) is 5.42. The Hall–Kier alpha value is -3.81. The number of hydrogen-bond donors (Lipinski definition) is 3. The molecule has 0 radical (unpaired) electrons. The Morgan fingerprint density at radius 3 is 2.17 bits per heavy atom. The summed E-state index contributed by atoms with van der Waals surface area (Å²) in [6.45, 7) is 3.35. The number of nitrogens with one attached hydrogen (secondary N) is 2. The van der Waals surface area contributed by atoms with Crippen LogP contribution in [0.1, 0.15) is 10.4 Å². The molecule has 0 atom stereocenters. The Balaban J connectivity index is 1.40. The Morgan fingerprint density at radius 2 is 1.48 bits per heavy atom. The fraction of sp³-hybridized carbons (Fsp3) is 0.190. The van der Waals surface area contributed by atoms with Crippen LogP contribution in [0.3, 0.4) is 0 Å². The summed E-state index contributed by atoms with van der Waals surface area (Å²) in [7, 11) is 0. The minimum Gasteiger partial charge on any atom is -0.393 e. The summed E-state index contributed by atoms with van der Waals surface area (Å²) in [6.07, 6.45) is 1.45. The smallest absolute Gasteiger partial charge is 0.269 e. The maximum atomic E-state index is 12.2. The van der Waals surface area contributed by atoms with Gasteiger partial charge in [-0.2, -0.15) is 0 Å². The lowest BCUT2D eigenvalue weighted by Crippen LogP contribution is -2.47. The van der Waals surface area contributed by atoms with Gasteiger partial charge in [0.05, 0.1) is 0 Å². The standard InChI is InChI=1S/C21H23N7O/c22-18-19(25-26-21(29)16-7-3-1-4-8-16)23-15-24-20(18)28-13-11-27(12-14-28)17-9-5-2-6-10-17/h1-10,15H,11-14,22H2,(H,26,29)(H,23,24,25). The number of hydrazine groups is 1. The third-order valence-electron chi connectivity index (χ3n) is 4.89. The van der Waals surface area contributed by atoms with Crippen LogP contribution in [-0.2, 0) is 0 Å². The van der Waals surface area contributed by atoms with Crippen LogP contribution in [0.25, 0.3) is 0 Å². The Labute approximate surface area is 169 Å². The van der Waals surface area contributed by atoms with Crippen LogP contribution in [0.5, 0.6) is 0 Å². The van der Waals surface area contributed by atoms with Crippen LogP contribution in [0.4, 0.5) is 23.0 Å². The number of nitrogen functional groups attached to an aromatic ring is 1. The van der Waals surface area contributed by atoms with Gasteiger partial charge in [-0.1, -0.05) is 36.4 Å². The number of amides is 1. The molecule has 2 aromatic carbocycles. The van der Waals surface area contributed by atoms with E-state index >= 15 is 0 Å². The first-order chi connectivity index (χ1) is 14.2. The van der Waals surface area contributed by atoms with Crippen LogP contribution in [0.2, 0.25) is 0 Å². The van der Waals surface area contributed by atoms with Crippen molar-refractivity contribution in [1.82, 2.24) is 15.4 Å². The molecule has 8 nitrogen and oxygen atoms in total. The topological polar surface area (TPSA) is 99.4 Å². The average molecular weight is 389 g/mol. The molecule has 3 aromatic rings. The van der Waals surface area contributed by atoms with E-state index in [0.29, 0.717) is 22.9 Å². The van der Waals surface area contributed by atoms with Crippen molar-refractivity contribution in [3.63, 3.8) is 0 Å². The van der Waals surface area contributed by atoms with Gasteiger partial charge in [-0.25, -0.2) is 9.97 Å². The molecule has 0 spiro atoms. The molecular formula is C21H23N7O. The number of anilines is 4. The molecule has 148 valence electrons.